The molecule has 0 aliphatic carbocycles. The number of halogens is 1. The van der Waals surface area contributed by atoms with E-state index >= 15 is 0 Å². The molecule has 1 aromatic rings. The van der Waals surface area contributed by atoms with E-state index in [0.29, 0.717) is 6.54 Å². The van der Waals surface area contributed by atoms with Crippen molar-refractivity contribution in [2.75, 3.05) is 17.6 Å². The Morgan fingerprint density at radius 3 is 2.83 bits per heavy atom. The minimum absolute atomic E-state index is 0.0443. The maximum Gasteiger partial charge on any atom is 0.233 e. The monoisotopic (exact) mass is 328 g/mol. The summed E-state index contributed by atoms with van der Waals surface area (Å²) in [6, 6.07) is 7.35. The first-order chi connectivity index (χ1) is 8.65. The van der Waals surface area contributed by atoms with Crippen molar-refractivity contribution in [2.45, 2.75) is 11.7 Å². The lowest BCUT2D eigenvalue weighted by molar-refractivity contribution is -0.123. The molecule has 2 amide bonds. The second kappa shape index (κ2) is 6.24. The van der Waals surface area contributed by atoms with Crippen LogP contribution in [0.5, 0.6) is 0 Å². The number of amides is 2. The summed E-state index contributed by atoms with van der Waals surface area (Å²) >= 11 is 4.86. The van der Waals surface area contributed by atoms with Crippen LogP contribution in [0.1, 0.15) is 6.42 Å². The largest absolute Gasteiger partial charge is 0.354 e. The molecule has 1 heterocycles. The minimum Gasteiger partial charge on any atom is -0.354 e. The number of nitrogens with one attached hydrogen (secondary N) is 2. The third kappa shape index (κ3) is 3.74. The number of thioether (sulfide) groups is 1. The molecule has 4 nitrogen and oxygen atoms in total. The standard InChI is InChI=1S/C12H13BrN2O2S/c13-8-1-3-9(4-2-8)15-11(16)7-10-12(17)14-5-6-18-10/h1-4,10H,5-7H2,(H,14,17)(H,15,16). The van der Waals surface area contributed by atoms with Crippen LogP contribution in [-0.2, 0) is 9.59 Å². The fourth-order valence-corrected chi connectivity index (χ4v) is 2.90. The maximum atomic E-state index is 11.8. The summed E-state index contributed by atoms with van der Waals surface area (Å²) in [6.07, 6.45) is 0.215. The highest BCUT2D eigenvalue weighted by molar-refractivity contribution is 9.10. The van der Waals surface area contributed by atoms with Crippen molar-refractivity contribution in [3.8, 4) is 0 Å². The Balaban J connectivity index is 1.88. The Morgan fingerprint density at radius 2 is 2.17 bits per heavy atom. The van der Waals surface area contributed by atoms with E-state index in [1.807, 2.05) is 24.3 Å². The van der Waals surface area contributed by atoms with Gasteiger partial charge in [0.15, 0.2) is 0 Å². The van der Waals surface area contributed by atoms with Gasteiger partial charge in [0.1, 0.15) is 0 Å². The maximum absolute atomic E-state index is 11.8. The fraction of sp³-hybridized carbons (Fsp3) is 0.333. The predicted octanol–water partition coefficient (Wildman–Crippen LogP) is 2.01. The van der Waals surface area contributed by atoms with Crippen molar-refractivity contribution < 1.29 is 9.59 Å². The number of anilines is 1. The molecule has 0 spiro atoms. The molecule has 2 rings (SSSR count). The van der Waals surface area contributed by atoms with Crippen LogP contribution < -0.4 is 10.6 Å². The molecule has 1 unspecified atom stereocenters. The van der Waals surface area contributed by atoms with E-state index in [4.69, 9.17) is 0 Å². The lowest BCUT2D eigenvalue weighted by Gasteiger charge is -2.20. The molecule has 1 atom stereocenters. The van der Waals surface area contributed by atoms with Gasteiger partial charge >= 0.3 is 0 Å². The second-order valence-corrected chi connectivity index (χ2v) is 6.14. The summed E-state index contributed by atoms with van der Waals surface area (Å²) < 4.78 is 0.961. The molecule has 1 fully saturated rings. The van der Waals surface area contributed by atoms with Crippen molar-refractivity contribution >= 4 is 45.2 Å². The summed E-state index contributed by atoms with van der Waals surface area (Å²) in [5, 5.41) is 5.28. The molecule has 0 aromatic heterocycles. The van der Waals surface area contributed by atoms with Gasteiger partial charge in [0, 0.05) is 28.9 Å². The summed E-state index contributed by atoms with van der Waals surface area (Å²) in [5.74, 6) is 0.686. The Bertz CT molecular complexity index is 450. The van der Waals surface area contributed by atoms with Crippen LogP contribution in [0.2, 0.25) is 0 Å². The minimum atomic E-state index is -0.269. The van der Waals surface area contributed by atoms with E-state index in [1.54, 1.807) is 0 Å². The topological polar surface area (TPSA) is 58.2 Å². The molecule has 0 radical (unpaired) electrons. The Morgan fingerprint density at radius 1 is 1.44 bits per heavy atom. The number of carbonyl (C=O) groups excluding carboxylic acids is 2. The van der Waals surface area contributed by atoms with Crippen LogP contribution in [0.15, 0.2) is 28.7 Å². The summed E-state index contributed by atoms with van der Waals surface area (Å²) in [5.41, 5.74) is 0.740. The zero-order valence-corrected chi connectivity index (χ0v) is 12.0. The molecule has 1 aromatic carbocycles. The zero-order chi connectivity index (χ0) is 13.0. The van der Waals surface area contributed by atoms with Crippen molar-refractivity contribution in [1.29, 1.82) is 0 Å². The van der Waals surface area contributed by atoms with Gasteiger partial charge in [-0.05, 0) is 24.3 Å². The zero-order valence-electron chi connectivity index (χ0n) is 9.61. The molecule has 1 aliphatic rings. The fourth-order valence-electron chi connectivity index (χ4n) is 1.63. The molecule has 18 heavy (non-hydrogen) atoms. The van der Waals surface area contributed by atoms with Crippen molar-refractivity contribution in [3.05, 3.63) is 28.7 Å². The number of carbonyl (C=O) groups is 2. The summed E-state index contributed by atoms with van der Waals surface area (Å²) in [6.45, 7) is 0.689. The van der Waals surface area contributed by atoms with Gasteiger partial charge in [0.05, 0.1) is 5.25 Å². The van der Waals surface area contributed by atoms with E-state index in [0.717, 1.165) is 15.9 Å². The third-order valence-electron chi connectivity index (χ3n) is 2.51. The lowest BCUT2D eigenvalue weighted by Crippen LogP contribution is -2.40. The first-order valence-electron chi connectivity index (χ1n) is 5.60. The normalized spacial score (nSPS) is 19.2. The number of hydrogen-bond acceptors (Lipinski definition) is 3. The molecule has 2 N–H and O–H groups in total. The molecule has 96 valence electrons. The van der Waals surface area contributed by atoms with Gasteiger partial charge in [0.25, 0.3) is 0 Å². The van der Waals surface area contributed by atoms with Gasteiger partial charge in [-0.2, -0.15) is 0 Å². The van der Waals surface area contributed by atoms with Crippen LogP contribution in [0, 0.1) is 0 Å². The average molecular weight is 329 g/mol. The molecule has 0 bridgehead atoms. The second-order valence-electron chi connectivity index (χ2n) is 3.91. The highest BCUT2D eigenvalue weighted by Gasteiger charge is 2.25. The van der Waals surface area contributed by atoms with Gasteiger partial charge in [-0.25, -0.2) is 0 Å². The number of rotatable bonds is 3. The van der Waals surface area contributed by atoms with Crippen LogP contribution in [-0.4, -0.2) is 29.4 Å². The van der Waals surface area contributed by atoms with E-state index < -0.39 is 0 Å². The Labute approximate surface area is 118 Å². The number of benzene rings is 1. The van der Waals surface area contributed by atoms with Gasteiger partial charge in [0.2, 0.25) is 11.8 Å². The van der Waals surface area contributed by atoms with E-state index in [9.17, 15) is 9.59 Å². The van der Waals surface area contributed by atoms with E-state index in [-0.39, 0.29) is 23.5 Å². The van der Waals surface area contributed by atoms with Crippen molar-refractivity contribution in [1.82, 2.24) is 5.32 Å². The van der Waals surface area contributed by atoms with Gasteiger partial charge < -0.3 is 10.6 Å². The predicted molar refractivity (Wildman–Crippen MR) is 76.6 cm³/mol. The molecule has 1 saturated heterocycles. The molecule has 1 aliphatic heterocycles. The molecular weight excluding hydrogens is 316 g/mol. The van der Waals surface area contributed by atoms with E-state index in [1.165, 1.54) is 11.8 Å². The Hall–Kier alpha value is -1.01. The smallest absolute Gasteiger partial charge is 0.233 e. The Kier molecular flexibility index (Phi) is 4.66. The number of hydrogen-bond donors (Lipinski definition) is 2. The molecule has 6 heteroatoms. The third-order valence-corrected chi connectivity index (χ3v) is 4.26. The van der Waals surface area contributed by atoms with Gasteiger partial charge in [-0.15, -0.1) is 11.8 Å². The highest BCUT2D eigenvalue weighted by atomic mass is 79.9. The molecule has 0 saturated carbocycles. The summed E-state index contributed by atoms with van der Waals surface area (Å²) in [7, 11) is 0. The molecular formula is C12H13BrN2O2S. The first-order valence-corrected chi connectivity index (χ1v) is 7.44. The van der Waals surface area contributed by atoms with Gasteiger partial charge in [-0.1, -0.05) is 15.9 Å². The van der Waals surface area contributed by atoms with Crippen LogP contribution >= 0.6 is 27.7 Å². The quantitative estimate of drug-likeness (QED) is 0.892. The SMILES string of the molecule is O=C(CC1SCCNC1=O)Nc1ccc(Br)cc1. The van der Waals surface area contributed by atoms with Crippen molar-refractivity contribution in [3.63, 3.8) is 0 Å². The highest BCUT2D eigenvalue weighted by Crippen LogP contribution is 2.19. The van der Waals surface area contributed by atoms with E-state index in [2.05, 4.69) is 26.6 Å². The van der Waals surface area contributed by atoms with Crippen LogP contribution in [0.3, 0.4) is 0 Å². The lowest BCUT2D eigenvalue weighted by atomic mass is 10.2. The average Bonchev–Trinajstić information content (AvgIpc) is 2.35. The van der Waals surface area contributed by atoms with Crippen LogP contribution in [0.4, 0.5) is 5.69 Å². The van der Waals surface area contributed by atoms with Gasteiger partial charge in [-0.3, -0.25) is 9.59 Å². The summed E-state index contributed by atoms with van der Waals surface area (Å²) in [4.78, 5) is 23.3. The van der Waals surface area contributed by atoms with Crippen molar-refractivity contribution in [2.24, 2.45) is 0 Å². The van der Waals surface area contributed by atoms with Crippen LogP contribution in [0.25, 0.3) is 0 Å². The first kappa shape index (κ1) is 13.4.